The van der Waals surface area contributed by atoms with Crippen LogP contribution in [-0.2, 0) is 14.2 Å². The monoisotopic (exact) mass is 569 g/mol. The Balaban J connectivity index is 1.94. The summed E-state index contributed by atoms with van der Waals surface area (Å²) in [5.74, 6) is 0. The minimum absolute atomic E-state index is 0.0155. The van der Waals surface area contributed by atoms with Crippen LogP contribution in [0.5, 0.6) is 0 Å². The lowest BCUT2D eigenvalue weighted by atomic mass is 9.80. The van der Waals surface area contributed by atoms with Gasteiger partial charge < -0.3 is 60.2 Å². The van der Waals surface area contributed by atoms with Gasteiger partial charge in [-0.2, -0.15) is 0 Å². The predicted octanol–water partition coefficient (Wildman–Crippen LogP) is -5.35. The fourth-order valence-electron chi connectivity index (χ4n) is 6.29. The molecule has 0 spiro atoms. The van der Waals surface area contributed by atoms with Crippen LogP contribution in [0.1, 0.15) is 19.3 Å². The van der Waals surface area contributed by atoms with Gasteiger partial charge in [-0.3, -0.25) is 14.7 Å². The zero-order chi connectivity index (χ0) is 28.7. The Morgan fingerprint density at radius 3 is 1.18 bits per heavy atom. The smallest absolute Gasteiger partial charge is 0.145 e. The molecule has 0 aromatic carbocycles. The Kier molecular flexibility index (Phi) is 11.9. The van der Waals surface area contributed by atoms with Crippen LogP contribution in [-0.4, -0.2) is 194 Å². The van der Waals surface area contributed by atoms with Crippen molar-refractivity contribution in [3.63, 3.8) is 0 Å². The van der Waals surface area contributed by atoms with Crippen molar-refractivity contribution in [3.8, 4) is 0 Å². The van der Waals surface area contributed by atoms with Crippen molar-refractivity contribution in [2.24, 2.45) is 0 Å². The maximum absolute atomic E-state index is 11.7. The highest BCUT2D eigenvalue weighted by Gasteiger charge is 2.65. The summed E-state index contributed by atoms with van der Waals surface area (Å²) >= 11 is 0. The molecule has 3 heterocycles. The molecule has 0 aromatic heterocycles. The molecule has 3 rings (SSSR count). The van der Waals surface area contributed by atoms with E-state index in [0.717, 1.165) is 0 Å². The molecule has 3 fully saturated rings. The summed E-state index contributed by atoms with van der Waals surface area (Å²) in [7, 11) is 0. The molecule has 0 aromatic rings. The van der Waals surface area contributed by atoms with Crippen molar-refractivity contribution in [1.82, 2.24) is 14.7 Å². The lowest BCUT2D eigenvalue weighted by Gasteiger charge is -2.42. The van der Waals surface area contributed by atoms with Gasteiger partial charge in [-0.25, -0.2) is 0 Å². The van der Waals surface area contributed by atoms with Crippen molar-refractivity contribution < 1.29 is 60.2 Å². The fraction of sp³-hybridized carbons (Fsp3) is 1.00. The third kappa shape index (κ3) is 6.90. The Hall–Kier alpha value is -0.600. The molecule has 39 heavy (non-hydrogen) atoms. The van der Waals surface area contributed by atoms with E-state index in [4.69, 9.17) is 14.2 Å². The number of ether oxygens (including phenoxy) is 3. The van der Waals surface area contributed by atoms with Crippen molar-refractivity contribution in [1.29, 1.82) is 0 Å². The number of rotatable bonds is 17. The van der Waals surface area contributed by atoms with Crippen LogP contribution in [0.15, 0.2) is 0 Å². The van der Waals surface area contributed by atoms with Crippen molar-refractivity contribution in [2.45, 2.75) is 54.2 Å². The van der Waals surface area contributed by atoms with Gasteiger partial charge in [-0.1, -0.05) is 0 Å². The quantitative estimate of drug-likeness (QED) is 0.0747. The molecule has 3 aliphatic heterocycles. The molecule has 3 aliphatic rings. The van der Waals surface area contributed by atoms with E-state index >= 15 is 0 Å². The molecule has 0 aliphatic carbocycles. The van der Waals surface area contributed by atoms with Crippen molar-refractivity contribution in [3.05, 3.63) is 0 Å². The minimum atomic E-state index is -1.63. The van der Waals surface area contributed by atoms with Gasteiger partial charge in [0, 0.05) is 58.5 Å². The van der Waals surface area contributed by atoms with Crippen LogP contribution < -0.4 is 0 Å². The normalized spacial score (nSPS) is 37.2. The molecule has 5 unspecified atom stereocenters. The summed E-state index contributed by atoms with van der Waals surface area (Å²) in [5.41, 5.74) is -6.14. The summed E-state index contributed by atoms with van der Waals surface area (Å²) in [6.07, 6.45) is -1.82. The number of nitrogens with zero attached hydrogens (tertiary/aromatic N) is 3. The molecular weight excluding hydrogens is 522 g/mol. The second kappa shape index (κ2) is 14.0. The molecule has 0 radical (unpaired) electrons. The van der Waals surface area contributed by atoms with E-state index in [-0.39, 0.29) is 118 Å². The topological polar surface area (TPSA) is 219 Å². The number of aliphatic hydroxyl groups is 9. The van der Waals surface area contributed by atoms with Crippen LogP contribution in [0.4, 0.5) is 0 Å². The van der Waals surface area contributed by atoms with Crippen LogP contribution in [0, 0.1) is 0 Å². The second-order valence-electron chi connectivity index (χ2n) is 10.7. The van der Waals surface area contributed by atoms with Crippen LogP contribution in [0.25, 0.3) is 0 Å². The van der Waals surface area contributed by atoms with Gasteiger partial charge >= 0.3 is 0 Å². The van der Waals surface area contributed by atoms with E-state index in [2.05, 4.69) is 0 Å². The highest BCUT2D eigenvalue weighted by molar-refractivity contribution is 5.13. The summed E-state index contributed by atoms with van der Waals surface area (Å²) in [6.45, 7) is -1.67. The lowest BCUT2D eigenvalue weighted by molar-refractivity contribution is -0.162. The zero-order valence-electron chi connectivity index (χ0n) is 22.5. The van der Waals surface area contributed by atoms with Gasteiger partial charge in [-0.15, -0.1) is 0 Å². The zero-order valence-corrected chi connectivity index (χ0v) is 22.5. The van der Waals surface area contributed by atoms with E-state index in [9.17, 15) is 46.0 Å². The van der Waals surface area contributed by atoms with Crippen molar-refractivity contribution in [2.75, 3.05) is 98.7 Å². The third-order valence-electron chi connectivity index (χ3n) is 8.26. The summed E-state index contributed by atoms with van der Waals surface area (Å²) < 4.78 is 18.5. The third-order valence-corrected chi connectivity index (χ3v) is 8.26. The Morgan fingerprint density at radius 2 is 0.846 bits per heavy atom. The Bertz CT molecular complexity index is 697. The molecule has 5 atom stereocenters. The molecule has 9 N–H and O–H groups in total. The summed E-state index contributed by atoms with van der Waals surface area (Å²) in [4.78, 5) is 4.54. The van der Waals surface area contributed by atoms with Gasteiger partial charge in [0.15, 0.2) is 0 Å². The van der Waals surface area contributed by atoms with Gasteiger partial charge in [0.1, 0.15) is 22.8 Å². The summed E-state index contributed by atoms with van der Waals surface area (Å²) in [5, 5.41) is 91.7. The Morgan fingerprint density at radius 1 is 0.513 bits per heavy atom. The van der Waals surface area contributed by atoms with Crippen molar-refractivity contribution >= 4 is 0 Å². The standard InChI is InChI=1S/C24H47N3O12/c28-7-1-25(2-8-29)21(34)13-19(37-16-21)24(15-23(36,18-39-24)27(5-11-32)6-12-33)20-14-22(35,17-38-20)26(3-9-30)4-10-31/h19-20,28-36H,1-18H2. The first kappa shape index (κ1) is 32.9. The van der Waals surface area contributed by atoms with Crippen LogP contribution >= 0.6 is 0 Å². The molecular formula is C24H47N3O12. The first-order chi connectivity index (χ1) is 18.6. The number of hydrogen-bond acceptors (Lipinski definition) is 15. The first-order valence-electron chi connectivity index (χ1n) is 13.5. The van der Waals surface area contributed by atoms with E-state index in [1.54, 1.807) is 0 Å². The molecule has 15 heteroatoms. The molecule has 0 amide bonds. The maximum Gasteiger partial charge on any atom is 0.145 e. The number of hydrogen-bond donors (Lipinski definition) is 9. The SMILES string of the molecule is OCCN(CCO)C1(O)COC(C2(C3CC(O)(N(CCO)CCO)CO3)CC(O)(N(CCO)CCO)CO2)C1. The lowest BCUT2D eigenvalue weighted by Crippen LogP contribution is -2.58. The van der Waals surface area contributed by atoms with Gasteiger partial charge in [-0.05, 0) is 0 Å². The average Bonchev–Trinajstić information content (AvgIpc) is 3.61. The molecule has 230 valence electrons. The largest absolute Gasteiger partial charge is 0.395 e. The van der Waals surface area contributed by atoms with E-state index < -0.39 is 35.0 Å². The van der Waals surface area contributed by atoms with E-state index in [1.165, 1.54) is 14.7 Å². The first-order valence-corrected chi connectivity index (χ1v) is 13.5. The van der Waals surface area contributed by atoms with Gasteiger partial charge in [0.2, 0.25) is 0 Å². The maximum atomic E-state index is 11.7. The highest BCUT2D eigenvalue weighted by Crippen LogP contribution is 2.50. The van der Waals surface area contributed by atoms with E-state index in [0.29, 0.717) is 0 Å². The van der Waals surface area contributed by atoms with Crippen LogP contribution in [0.3, 0.4) is 0 Å². The highest BCUT2D eigenvalue weighted by atomic mass is 16.6. The fourth-order valence-corrected chi connectivity index (χ4v) is 6.29. The number of aliphatic hydroxyl groups excluding tert-OH is 6. The minimum Gasteiger partial charge on any atom is -0.395 e. The molecule has 15 nitrogen and oxygen atoms in total. The second-order valence-corrected chi connectivity index (χ2v) is 10.7. The molecule has 3 saturated heterocycles. The van der Waals surface area contributed by atoms with Gasteiger partial charge in [0.05, 0.1) is 71.7 Å². The molecule has 0 saturated carbocycles. The Labute approximate surface area is 228 Å². The van der Waals surface area contributed by atoms with Crippen LogP contribution in [0.2, 0.25) is 0 Å². The van der Waals surface area contributed by atoms with E-state index in [1.807, 2.05) is 0 Å². The average molecular weight is 570 g/mol. The summed E-state index contributed by atoms with van der Waals surface area (Å²) in [6, 6.07) is 0. The predicted molar refractivity (Wildman–Crippen MR) is 134 cm³/mol. The van der Waals surface area contributed by atoms with Gasteiger partial charge in [0.25, 0.3) is 0 Å². The molecule has 0 bridgehead atoms.